The Kier molecular flexibility index (Phi) is 6.00. The van der Waals surface area contributed by atoms with Crippen molar-refractivity contribution in [3.8, 4) is 0 Å². The van der Waals surface area contributed by atoms with Crippen LogP contribution in [0.5, 0.6) is 0 Å². The average Bonchev–Trinajstić information content (AvgIpc) is 2.58. The highest BCUT2D eigenvalue weighted by Crippen LogP contribution is 2.35. The zero-order valence-electron chi connectivity index (χ0n) is 15.3. The van der Waals surface area contributed by atoms with Crippen LogP contribution in [-0.2, 0) is 4.74 Å². The van der Waals surface area contributed by atoms with E-state index in [0.29, 0.717) is 12.2 Å². The first kappa shape index (κ1) is 19.2. The highest BCUT2D eigenvalue weighted by atomic mass is 16.6. The maximum atomic E-state index is 11.7. The molecule has 1 aromatic carbocycles. The molecule has 1 saturated heterocycles. The Morgan fingerprint density at radius 1 is 1.40 bits per heavy atom. The van der Waals surface area contributed by atoms with Crippen molar-refractivity contribution in [1.29, 1.82) is 0 Å². The molecule has 0 saturated carbocycles. The van der Waals surface area contributed by atoms with Crippen molar-refractivity contribution in [2.24, 2.45) is 11.3 Å². The number of hydrogen-bond acceptors (Lipinski definition) is 5. The van der Waals surface area contributed by atoms with Gasteiger partial charge in [-0.05, 0) is 30.4 Å². The van der Waals surface area contributed by atoms with Gasteiger partial charge in [-0.1, -0.05) is 20.8 Å². The van der Waals surface area contributed by atoms with E-state index in [1.54, 1.807) is 12.1 Å². The molecule has 0 bridgehead atoms. The van der Waals surface area contributed by atoms with Crippen LogP contribution in [-0.4, -0.2) is 37.1 Å². The summed E-state index contributed by atoms with van der Waals surface area (Å²) in [7, 11) is 1.50. The van der Waals surface area contributed by atoms with E-state index in [2.05, 4.69) is 31.4 Å². The largest absolute Gasteiger partial charge is 0.379 e. The van der Waals surface area contributed by atoms with E-state index in [1.807, 2.05) is 0 Å². The van der Waals surface area contributed by atoms with Gasteiger partial charge < -0.3 is 15.4 Å². The quantitative estimate of drug-likeness (QED) is 0.629. The molecule has 0 spiro atoms. The van der Waals surface area contributed by atoms with Crippen molar-refractivity contribution >= 4 is 17.3 Å². The molecule has 1 aliphatic rings. The first-order valence-electron chi connectivity index (χ1n) is 8.60. The molecule has 1 aliphatic heterocycles. The van der Waals surface area contributed by atoms with Gasteiger partial charge in [0.1, 0.15) is 5.69 Å². The lowest BCUT2D eigenvalue weighted by Gasteiger charge is -2.40. The zero-order valence-corrected chi connectivity index (χ0v) is 15.3. The Hall–Kier alpha value is -2.15. The van der Waals surface area contributed by atoms with Crippen LogP contribution in [0.3, 0.4) is 0 Å². The fourth-order valence-electron chi connectivity index (χ4n) is 3.37. The Labute approximate surface area is 148 Å². The fourth-order valence-corrected chi connectivity index (χ4v) is 3.37. The second-order valence-electron chi connectivity index (χ2n) is 7.51. The molecule has 7 nitrogen and oxygen atoms in total. The molecule has 0 aromatic heterocycles. The summed E-state index contributed by atoms with van der Waals surface area (Å²) in [6.07, 6.45) is 2.13. The maximum Gasteiger partial charge on any atom is 0.293 e. The zero-order chi connectivity index (χ0) is 18.6. The van der Waals surface area contributed by atoms with Gasteiger partial charge in [0.2, 0.25) is 0 Å². The first-order valence-corrected chi connectivity index (χ1v) is 8.60. The van der Waals surface area contributed by atoms with Gasteiger partial charge in [-0.2, -0.15) is 0 Å². The third-order valence-electron chi connectivity index (χ3n) is 4.54. The lowest BCUT2D eigenvalue weighted by Crippen LogP contribution is -2.42. The van der Waals surface area contributed by atoms with E-state index in [-0.39, 0.29) is 34.6 Å². The number of hydrogen-bond donors (Lipinski definition) is 2. The molecule has 1 fully saturated rings. The van der Waals surface area contributed by atoms with Gasteiger partial charge >= 0.3 is 0 Å². The average molecular weight is 349 g/mol. The van der Waals surface area contributed by atoms with Crippen LogP contribution in [0.1, 0.15) is 44.0 Å². The number of nitro benzene ring substituents is 1. The molecule has 1 amide bonds. The molecular formula is C18H27N3O4. The Balaban J connectivity index is 2.16. The summed E-state index contributed by atoms with van der Waals surface area (Å²) in [5, 5.41) is 17.0. The van der Waals surface area contributed by atoms with Crippen LogP contribution < -0.4 is 10.6 Å². The highest BCUT2D eigenvalue weighted by Gasteiger charge is 2.35. The molecule has 2 N–H and O–H groups in total. The van der Waals surface area contributed by atoms with Crippen molar-refractivity contribution in [3.63, 3.8) is 0 Å². The number of nitro groups is 1. The minimum atomic E-state index is -0.465. The summed E-state index contributed by atoms with van der Waals surface area (Å²) in [4.78, 5) is 22.6. The number of carbonyl (C=O) groups excluding carboxylic acids is 1. The molecule has 2 atom stereocenters. The van der Waals surface area contributed by atoms with Gasteiger partial charge in [-0.3, -0.25) is 14.9 Å². The van der Waals surface area contributed by atoms with Gasteiger partial charge in [-0.25, -0.2) is 0 Å². The third kappa shape index (κ3) is 4.69. The van der Waals surface area contributed by atoms with Crippen molar-refractivity contribution in [3.05, 3.63) is 33.9 Å². The number of carbonyl (C=O) groups is 1. The molecule has 1 aromatic rings. The molecule has 7 heteroatoms. The number of nitrogens with zero attached hydrogens (tertiary/aromatic N) is 1. The van der Waals surface area contributed by atoms with Crippen LogP contribution >= 0.6 is 0 Å². The number of benzene rings is 1. The topological polar surface area (TPSA) is 93.5 Å². The first-order chi connectivity index (χ1) is 11.7. The summed E-state index contributed by atoms with van der Waals surface area (Å²) in [6.45, 7) is 7.81. The van der Waals surface area contributed by atoms with E-state index in [4.69, 9.17) is 4.74 Å². The third-order valence-corrected chi connectivity index (χ3v) is 4.54. The van der Waals surface area contributed by atoms with Gasteiger partial charge in [0.15, 0.2) is 0 Å². The molecule has 25 heavy (non-hydrogen) atoms. The van der Waals surface area contributed by atoms with Crippen LogP contribution in [0.15, 0.2) is 18.2 Å². The van der Waals surface area contributed by atoms with Gasteiger partial charge in [0.25, 0.3) is 11.6 Å². The molecule has 2 unspecified atom stereocenters. The Morgan fingerprint density at radius 3 is 2.72 bits per heavy atom. The smallest absolute Gasteiger partial charge is 0.293 e. The fraction of sp³-hybridized carbons (Fsp3) is 0.611. The van der Waals surface area contributed by atoms with Crippen molar-refractivity contribution < 1.29 is 14.5 Å². The molecule has 138 valence electrons. The molecular weight excluding hydrogens is 322 g/mol. The van der Waals surface area contributed by atoms with Crippen LogP contribution in [0.25, 0.3) is 0 Å². The number of ether oxygens (including phenoxy) is 1. The van der Waals surface area contributed by atoms with E-state index < -0.39 is 4.92 Å². The summed E-state index contributed by atoms with van der Waals surface area (Å²) >= 11 is 0. The normalized spacial score (nSPS) is 20.8. The molecule has 1 heterocycles. The Morgan fingerprint density at radius 2 is 2.12 bits per heavy atom. The predicted molar refractivity (Wildman–Crippen MR) is 96.9 cm³/mol. The van der Waals surface area contributed by atoms with Crippen molar-refractivity contribution in [2.75, 3.05) is 25.5 Å². The van der Waals surface area contributed by atoms with Gasteiger partial charge in [-0.15, -0.1) is 0 Å². The Bertz CT molecular complexity index is 640. The van der Waals surface area contributed by atoms with Crippen molar-refractivity contribution in [2.45, 2.75) is 39.7 Å². The van der Waals surface area contributed by atoms with Gasteiger partial charge in [0, 0.05) is 37.7 Å². The summed E-state index contributed by atoms with van der Waals surface area (Å²) < 4.78 is 5.96. The molecule has 0 radical (unpaired) electrons. The van der Waals surface area contributed by atoms with Crippen LogP contribution in [0.4, 0.5) is 11.4 Å². The molecule has 0 aliphatic carbocycles. The number of amides is 1. The summed E-state index contributed by atoms with van der Waals surface area (Å²) in [5.74, 6) is -0.0601. The van der Waals surface area contributed by atoms with Crippen molar-refractivity contribution in [1.82, 2.24) is 5.32 Å². The predicted octanol–water partition coefficient (Wildman–Crippen LogP) is 3.21. The summed E-state index contributed by atoms with van der Waals surface area (Å²) in [5.41, 5.74) is 0.622. The maximum absolute atomic E-state index is 11.7. The minimum Gasteiger partial charge on any atom is -0.379 e. The highest BCUT2D eigenvalue weighted by molar-refractivity contribution is 5.95. The second-order valence-corrected chi connectivity index (χ2v) is 7.51. The van der Waals surface area contributed by atoms with Crippen LogP contribution in [0.2, 0.25) is 0 Å². The SMILES string of the molecule is CNC(=O)c1ccc(NCC2CCCOC2C(C)(C)C)c([N+](=O)[O-])c1. The second kappa shape index (κ2) is 7.82. The molecule has 2 rings (SSSR count). The van der Waals surface area contributed by atoms with Gasteiger partial charge in [0.05, 0.1) is 11.0 Å². The van der Waals surface area contributed by atoms with Crippen LogP contribution in [0, 0.1) is 21.4 Å². The lowest BCUT2D eigenvalue weighted by atomic mass is 9.78. The number of anilines is 1. The lowest BCUT2D eigenvalue weighted by molar-refractivity contribution is -0.384. The van der Waals surface area contributed by atoms with E-state index >= 15 is 0 Å². The number of nitrogens with one attached hydrogen (secondary N) is 2. The van der Waals surface area contributed by atoms with E-state index in [1.165, 1.54) is 13.1 Å². The summed E-state index contributed by atoms with van der Waals surface area (Å²) in [6, 6.07) is 4.49. The van der Waals surface area contributed by atoms with E-state index in [0.717, 1.165) is 19.4 Å². The number of rotatable bonds is 5. The minimum absolute atomic E-state index is 0.0156. The monoisotopic (exact) mass is 349 g/mol. The van der Waals surface area contributed by atoms with E-state index in [9.17, 15) is 14.9 Å². The standard InChI is InChI=1S/C18H27N3O4/c1-18(2,3)16-13(6-5-9-25-16)11-20-14-8-7-12(17(22)19-4)10-15(14)21(23)24/h7-8,10,13,16,20H,5-6,9,11H2,1-4H3,(H,19,22).